The lowest BCUT2D eigenvalue weighted by molar-refractivity contribution is 0.0686. The molecule has 0 aliphatic rings. The SMILES string of the molecule is O=C(O)c1noc(-c2ccc(OCc3ccc4ccccc4n3)cc2)c1-c1ccc(Cl)cc1. The fraction of sp³-hybridized carbons (Fsp3) is 0.0385. The van der Waals surface area contributed by atoms with Crippen molar-refractivity contribution in [2.24, 2.45) is 0 Å². The fourth-order valence-corrected chi connectivity index (χ4v) is 3.69. The maximum atomic E-state index is 11.7. The molecule has 33 heavy (non-hydrogen) atoms. The van der Waals surface area contributed by atoms with Gasteiger partial charge in [-0.3, -0.25) is 0 Å². The zero-order valence-electron chi connectivity index (χ0n) is 17.2. The largest absolute Gasteiger partial charge is 0.487 e. The third kappa shape index (κ3) is 4.29. The molecule has 0 fully saturated rings. The number of nitrogens with zero attached hydrogens (tertiary/aromatic N) is 2. The number of benzene rings is 3. The molecule has 0 atom stereocenters. The van der Waals surface area contributed by atoms with E-state index in [1.165, 1.54) is 0 Å². The van der Waals surface area contributed by atoms with Crippen molar-refractivity contribution in [3.8, 4) is 28.2 Å². The number of carbonyl (C=O) groups is 1. The standard InChI is InChI=1S/C26H17ClN2O4/c27-19-10-5-17(6-11-19)23-24(26(30)31)29-33-25(23)18-8-13-21(14-9-18)32-15-20-12-7-16-3-1-2-4-22(16)28-20/h1-14H,15H2,(H,30,31). The normalized spacial score (nSPS) is 10.9. The highest BCUT2D eigenvalue weighted by molar-refractivity contribution is 6.30. The van der Waals surface area contributed by atoms with E-state index in [1.807, 2.05) is 36.4 Å². The summed E-state index contributed by atoms with van der Waals surface area (Å²) >= 11 is 5.98. The molecule has 0 amide bonds. The van der Waals surface area contributed by atoms with E-state index in [0.717, 1.165) is 16.6 Å². The summed E-state index contributed by atoms with van der Waals surface area (Å²) in [6.07, 6.45) is 0. The Labute approximate surface area is 194 Å². The third-order valence-electron chi connectivity index (χ3n) is 5.19. The van der Waals surface area contributed by atoms with Gasteiger partial charge in [-0.05, 0) is 54.1 Å². The van der Waals surface area contributed by atoms with Gasteiger partial charge in [0.05, 0.1) is 16.8 Å². The minimum Gasteiger partial charge on any atom is -0.487 e. The van der Waals surface area contributed by atoms with Gasteiger partial charge in [-0.15, -0.1) is 0 Å². The van der Waals surface area contributed by atoms with Gasteiger partial charge in [0.25, 0.3) is 0 Å². The molecular formula is C26H17ClN2O4. The Morgan fingerprint density at radius 2 is 1.64 bits per heavy atom. The molecule has 5 rings (SSSR count). The second kappa shape index (κ2) is 8.76. The summed E-state index contributed by atoms with van der Waals surface area (Å²) in [7, 11) is 0. The number of carboxylic acid groups (broad SMARTS) is 1. The van der Waals surface area contributed by atoms with E-state index in [1.54, 1.807) is 48.5 Å². The number of fused-ring (bicyclic) bond motifs is 1. The lowest BCUT2D eigenvalue weighted by atomic mass is 9.99. The summed E-state index contributed by atoms with van der Waals surface area (Å²) in [5, 5.41) is 15.0. The van der Waals surface area contributed by atoms with E-state index in [0.29, 0.717) is 39.8 Å². The first-order chi connectivity index (χ1) is 16.1. The van der Waals surface area contributed by atoms with E-state index >= 15 is 0 Å². The van der Waals surface area contributed by atoms with Crippen molar-refractivity contribution in [3.63, 3.8) is 0 Å². The van der Waals surface area contributed by atoms with E-state index in [9.17, 15) is 9.90 Å². The molecule has 0 spiro atoms. The molecule has 3 aromatic carbocycles. The maximum absolute atomic E-state index is 11.7. The van der Waals surface area contributed by atoms with E-state index in [-0.39, 0.29) is 5.69 Å². The molecule has 0 radical (unpaired) electrons. The van der Waals surface area contributed by atoms with E-state index < -0.39 is 5.97 Å². The first-order valence-corrected chi connectivity index (χ1v) is 10.5. The van der Waals surface area contributed by atoms with Crippen LogP contribution in [0.1, 0.15) is 16.2 Å². The zero-order valence-corrected chi connectivity index (χ0v) is 18.0. The number of aromatic carboxylic acids is 1. The predicted octanol–water partition coefficient (Wildman–Crippen LogP) is 6.49. The topological polar surface area (TPSA) is 85.5 Å². The van der Waals surface area contributed by atoms with Crippen LogP contribution in [0, 0.1) is 0 Å². The van der Waals surface area contributed by atoms with Crippen LogP contribution in [0.15, 0.2) is 89.5 Å². The molecule has 162 valence electrons. The monoisotopic (exact) mass is 456 g/mol. The molecule has 0 aliphatic carbocycles. The summed E-state index contributed by atoms with van der Waals surface area (Å²) in [5.41, 5.74) is 3.31. The molecular weight excluding hydrogens is 440 g/mol. The van der Waals surface area contributed by atoms with E-state index in [4.69, 9.17) is 20.9 Å². The Bertz CT molecular complexity index is 1440. The van der Waals surface area contributed by atoms with Crippen molar-refractivity contribution < 1.29 is 19.2 Å². The molecule has 0 saturated carbocycles. The number of hydrogen-bond donors (Lipinski definition) is 1. The molecule has 1 N–H and O–H groups in total. The highest BCUT2D eigenvalue weighted by Gasteiger charge is 2.24. The van der Waals surface area contributed by atoms with Gasteiger partial charge in [0.1, 0.15) is 12.4 Å². The number of hydrogen-bond acceptors (Lipinski definition) is 5. The lowest BCUT2D eigenvalue weighted by Gasteiger charge is -2.08. The minimum absolute atomic E-state index is 0.157. The first-order valence-electron chi connectivity index (χ1n) is 10.2. The number of para-hydroxylation sites is 1. The van der Waals surface area contributed by atoms with Crippen molar-refractivity contribution in [2.45, 2.75) is 6.61 Å². The van der Waals surface area contributed by atoms with Crippen LogP contribution < -0.4 is 4.74 Å². The Balaban J connectivity index is 1.39. The van der Waals surface area contributed by atoms with Gasteiger partial charge in [0.15, 0.2) is 11.5 Å². The van der Waals surface area contributed by atoms with Crippen molar-refractivity contribution in [2.75, 3.05) is 0 Å². The molecule has 0 bridgehead atoms. The molecule has 0 unspecified atom stereocenters. The Hall–Kier alpha value is -4.16. The average Bonchev–Trinajstić information content (AvgIpc) is 3.29. The number of carboxylic acids is 1. The maximum Gasteiger partial charge on any atom is 0.358 e. The molecule has 5 aromatic rings. The van der Waals surface area contributed by atoms with Crippen LogP contribution in [0.3, 0.4) is 0 Å². The number of ether oxygens (including phenoxy) is 1. The summed E-state index contributed by atoms with van der Waals surface area (Å²) in [5.74, 6) is -0.157. The predicted molar refractivity (Wildman–Crippen MR) is 125 cm³/mol. The Kier molecular flexibility index (Phi) is 5.50. The van der Waals surface area contributed by atoms with Crippen LogP contribution in [0.2, 0.25) is 5.02 Å². The summed E-state index contributed by atoms with van der Waals surface area (Å²) in [6, 6.07) is 25.9. The first kappa shape index (κ1) is 20.7. The number of rotatable bonds is 6. The summed E-state index contributed by atoms with van der Waals surface area (Å²) < 4.78 is 11.3. The molecule has 2 aromatic heterocycles. The van der Waals surface area contributed by atoms with Crippen LogP contribution >= 0.6 is 11.6 Å². The highest BCUT2D eigenvalue weighted by Crippen LogP contribution is 2.36. The van der Waals surface area contributed by atoms with Crippen molar-refractivity contribution >= 4 is 28.5 Å². The Morgan fingerprint density at radius 3 is 2.39 bits per heavy atom. The van der Waals surface area contributed by atoms with Crippen LogP contribution in [-0.2, 0) is 6.61 Å². The second-order valence-electron chi connectivity index (χ2n) is 7.36. The minimum atomic E-state index is -1.17. The van der Waals surface area contributed by atoms with Crippen molar-refractivity contribution in [1.29, 1.82) is 0 Å². The fourth-order valence-electron chi connectivity index (χ4n) is 3.57. The second-order valence-corrected chi connectivity index (χ2v) is 7.79. The van der Waals surface area contributed by atoms with Crippen LogP contribution in [-0.4, -0.2) is 21.2 Å². The molecule has 0 aliphatic heterocycles. The van der Waals surface area contributed by atoms with Gasteiger partial charge in [-0.2, -0.15) is 0 Å². The van der Waals surface area contributed by atoms with Gasteiger partial charge in [-0.25, -0.2) is 9.78 Å². The third-order valence-corrected chi connectivity index (χ3v) is 5.44. The summed E-state index contributed by atoms with van der Waals surface area (Å²) in [6.45, 7) is 0.325. The number of pyridine rings is 1. The van der Waals surface area contributed by atoms with Crippen LogP contribution in [0.25, 0.3) is 33.4 Å². The average molecular weight is 457 g/mol. The molecule has 7 heteroatoms. The smallest absolute Gasteiger partial charge is 0.358 e. The number of halogens is 1. The van der Waals surface area contributed by atoms with Gasteiger partial charge >= 0.3 is 5.97 Å². The van der Waals surface area contributed by atoms with Crippen molar-refractivity contribution in [1.82, 2.24) is 10.1 Å². The van der Waals surface area contributed by atoms with Gasteiger partial charge in [0, 0.05) is 16.0 Å². The number of aromatic nitrogens is 2. The van der Waals surface area contributed by atoms with Crippen molar-refractivity contribution in [3.05, 3.63) is 101 Å². The zero-order chi connectivity index (χ0) is 22.8. The highest BCUT2D eigenvalue weighted by atomic mass is 35.5. The van der Waals surface area contributed by atoms with Gasteiger partial charge in [0.2, 0.25) is 0 Å². The quantitative estimate of drug-likeness (QED) is 0.314. The van der Waals surface area contributed by atoms with Gasteiger partial charge < -0.3 is 14.4 Å². The summed E-state index contributed by atoms with van der Waals surface area (Å²) in [4.78, 5) is 16.3. The molecule has 2 heterocycles. The van der Waals surface area contributed by atoms with Gasteiger partial charge in [-0.1, -0.05) is 53.2 Å². The molecule has 6 nitrogen and oxygen atoms in total. The lowest BCUT2D eigenvalue weighted by Crippen LogP contribution is -1.99. The molecule has 0 saturated heterocycles. The van der Waals surface area contributed by atoms with E-state index in [2.05, 4.69) is 10.1 Å². The Morgan fingerprint density at radius 1 is 0.909 bits per heavy atom. The van der Waals surface area contributed by atoms with Crippen LogP contribution in [0.5, 0.6) is 5.75 Å². The van der Waals surface area contributed by atoms with Crippen LogP contribution in [0.4, 0.5) is 0 Å².